The number of amides is 2. The normalized spacial score (nSPS) is 12.7. The molecule has 192 valence electrons. The van der Waals surface area contributed by atoms with Crippen LogP contribution in [0.25, 0.3) is 0 Å². The molecule has 2 rings (SSSR count). The SMILES string of the molecule is CC(C(=O)NC(C)(C)C)N(Cc1cccc(Cl)c1)C(=O)CCCN(c1cccc(Cl)c1)S(C)(=O)=O. The molecule has 0 saturated carbocycles. The van der Waals surface area contributed by atoms with Crippen LogP contribution in [0.3, 0.4) is 0 Å². The highest BCUT2D eigenvalue weighted by Gasteiger charge is 2.28. The Morgan fingerprint density at radius 3 is 2.17 bits per heavy atom. The highest BCUT2D eigenvalue weighted by Crippen LogP contribution is 2.23. The first kappa shape index (κ1) is 28.9. The molecule has 0 aromatic heterocycles. The minimum atomic E-state index is -3.59. The van der Waals surface area contributed by atoms with Gasteiger partial charge in [0.1, 0.15) is 6.04 Å². The summed E-state index contributed by atoms with van der Waals surface area (Å²) in [6.07, 6.45) is 1.43. The molecule has 0 heterocycles. The molecule has 0 aliphatic heterocycles. The van der Waals surface area contributed by atoms with E-state index in [1.807, 2.05) is 26.8 Å². The van der Waals surface area contributed by atoms with Crippen LogP contribution in [0.4, 0.5) is 5.69 Å². The van der Waals surface area contributed by atoms with Crippen molar-refractivity contribution in [3.63, 3.8) is 0 Å². The summed E-state index contributed by atoms with van der Waals surface area (Å²) < 4.78 is 26.0. The maximum atomic E-state index is 13.3. The summed E-state index contributed by atoms with van der Waals surface area (Å²) in [5.74, 6) is -0.536. The van der Waals surface area contributed by atoms with E-state index in [9.17, 15) is 18.0 Å². The number of sulfonamides is 1. The second-order valence-corrected chi connectivity index (χ2v) is 12.3. The van der Waals surface area contributed by atoms with E-state index < -0.39 is 21.6 Å². The number of benzene rings is 2. The van der Waals surface area contributed by atoms with E-state index in [2.05, 4.69) is 5.32 Å². The summed E-state index contributed by atoms with van der Waals surface area (Å²) in [4.78, 5) is 27.6. The minimum absolute atomic E-state index is 0.0558. The number of carbonyl (C=O) groups excluding carboxylic acids is 2. The largest absolute Gasteiger partial charge is 0.350 e. The molecule has 2 aromatic rings. The average Bonchev–Trinajstić information content (AvgIpc) is 2.72. The molecule has 1 N–H and O–H groups in total. The Labute approximate surface area is 218 Å². The van der Waals surface area contributed by atoms with E-state index >= 15 is 0 Å². The van der Waals surface area contributed by atoms with Gasteiger partial charge >= 0.3 is 0 Å². The van der Waals surface area contributed by atoms with Crippen LogP contribution in [0.2, 0.25) is 10.0 Å². The van der Waals surface area contributed by atoms with Crippen molar-refractivity contribution in [2.45, 2.75) is 58.7 Å². The van der Waals surface area contributed by atoms with Crippen LogP contribution in [0.15, 0.2) is 48.5 Å². The molecule has 0 spiro atoms. The summed E-state index contributed by atoms with van der Waals surface area (Å²) in [6, 6.07) is 12.9. The molecule has 0 radical (unpaired) electrons. The summed E-state index contributed by atoms with van der Waals surface area (Å²) in [5.41, 5.74) is 0.766. The Kier molecular flexibility index (Phi) is 10.0. The second kappa shape index (κ2) is 12.1. The van der Waals surface area contributed by atoms with Crippen molar-refractivity contribution in [3.05, 3.63) is 64.1 Å². The third-order valence-electron chi connectivity index (χ3n) is 5.16. The van der Waals surface area contributed by atoms with Crippen LogP contribution < -0.4 is 9.62 Å². The van der Waals surface area contributed by atoms with E-state index in [-0.39, 0.29) is 37.7 Å². The molecular formula is C25H33Cl2N3O4S. The second-order valence-electron chi connectivity index (χ2n) is 9.49. The van der Waals surface area contributed by atoms with Crippen LogP contribution in [-0.2, 0) is 26.2 Å². The summed E-state index contributed by atoms with van der Waals surface area (Å²) in [7, 11) is -3.59. The molecule has 0 saturated heterocycles. The molecule has 7 nitrogen and oxygen atoms in total. The van der Waals surface area contributed by atoms with Gasteiger partial charge in [-0.3, -0.25) is 13.9 Å². The number of hydrogen-bond acceptors (Lipinski definition) is 4. The van der Waals surface area contributed by atoms with Gasteiger partial charge in [0.2, 0.25) is 21.8 Å². The molecule has 2 amide bonds. The Bertz CT molecular complexity index is 1150. The summed E-state index contributed by atoms with van der Waals surface area (Å²) in [5, 5.41) is 3.86. The predicted molar refractivity (Wildman–Crippen MR) is 142 cm³/mol. The number of carbonyl (C=O) groups is 2. The van der Waals surface area contributed by atoms with Gasteiger partial charge in [-0.2, -0.15) is 0 Å². The molecule has 10 heteroatoms. The first-order valence-electron chi connectivity index (χ1n) is 11.3. The predicted octanol–water partition coefficient (Wildman–Crippen LogP) is 4.87. The number of nitrogens with one attached hydrogen (secondary N) is 1. The molecule has 35 heavy (non-hydrogen) atoms. The third kappa shape index (κ3) is 9.35. The first-order valence-corrected chi connectivity index (χ1v) is 13.9. The van der Waals surface area contributed by atoms with Gasteiger partial charge < -0.3 is 10.2 Å². The standard InChI is InChI=1S/C25H33Cl2N3O4S/c1-18(24(32)28-25(2,3)4)29(17-19-9-6-10-20(26)15-19)23(31)13-8-14-30(35(5,33)34)22-12-7-11-21(27)16-22/h6-7,9-12,15-16,18H,8,13-14,17H2,1-5H3,(H,28,32). The highest BCUT2D eigenvalue weighted by atomic mass is 35.5. The van der Waals surface area contributed by atoms with E-state index in [1.54, 1.807) is 49.4 Å². The Morgan fingerprint density at radius 1 is 1.03 bits per heavy atom. The number of hydrogen-bond donors (Lipinski definition) is 1. The van der Waals surface area contributed by atoms with Gasteiger partial charge in [0.25, 0.3) is 0 Å². The highest BCUT2D eigenvalue weighted by molar-refractivity contribution is 7.92. The zero-order valence-electron chi connectivity index (χ0n) is 20.7. The van der Waals surface area contributed by atoms with Crippen LogP contribution in [-0.4, -0.2) is 49.5 Å². The fourth-order valence-electron chi connectivity index (χ4n) is 3.52. The summed E-state index contributed by atoms with van der Waals surface area (Å²) >= 11 is 12.1. The Balaban J connectivity index is 2.19. The van der Waals surface area contributed by atoms with Crippen LogP contribution >= 0.6 is 23.2 Å². The fourth-order valence-corrected chi connectivity index (χ4v) is 4.88. The number of nitrogens with zero attached hydrogens (tertiary/aromatic N) is 2. The van der Waals surface area contributed by atoms with Crippen molar-refractivity contribution in [1.82, 2.24) is 10.2 Å². The van der Waals surface area contributed by atoms with Gasteiger partial charge in [0.05, 0.1) is 11.9 Å². The fraction of sp³-hybridized carbons (Fsp3) is 0.440. The van der Waals surface area contributed by atoms with E-state index in [4.69, 9.17) is 23.2 Å². The lowest BCUT2D eigenvalue weighted by Crippen LogP contribution is -2.52. The molecule has 0 aliphatic rings. The maximum absolute atomic E-state index is 13.3. The zero-order chi connectivity index (χ0) is 26.4. The van der Waals surface area contributed by atoms with Gasteiger partial charge in [0, 0.05) is 35.1 Å². The minimum Gasteiger partial charge on any atom is -0.350 e. The van der Waals surface area contributed by atoms with Gasteiger partial charge in [-0.25, -0.2) is 8.42 Å². The van der Waals surface area contributed by atoms with E-state index in [0.29, 0.717) is 15.7 Å². The quantitative estimate of drug-likeness (QED) is 0.464. The molecule has 2 aromatic carbocycles. The first-order chi connectivity index (χ1) is 16.2. The third-order valence-corrected chi connectivity index (χ3v) is 6.82. The Hall–Kier alpha value is -2.29. The topological polar surface area (TPSA) is 86.8 Å². The lowest BCUT2D eigenvalue weighted by molar-refractivity contribution is -0.141. The van der Waals surface area contributed by atoms with Gasteiger partial charge in [-0.1, -0.05) is 41.4 Å². The average molecular weight is 543 g/mol. The molecule has 1 atom stereocenters. The van der Waals surface area contributed by atoms with E-state index in [0.717, 1.165) is 11.8 Å². The van der Waals surface area contributed by atoms with Crippen molar-refractivity contribution in [1.29, 1.82) is 0 Å². The van der Waals surface area contributed by atoms with Crippen LogP contribution in [0, 0.1) is 0 Å². The van der Waals surface area contributed by atoms with Gasteiger partial charge in [0.15, 0.2) is 0 Å². The van der Waals surface area contributed by atoms with Gasteiger partial charge in [-0.15, -0.1) is 0 Å². The van der Waals surface area contributed by atoms with Crippen molar-refractivity contribution >= 4 is 50.7 Å². The lowest BCUT2D eigenvalue weighted by Gasteiger charge is -2.32. The van der Waals surface area contributed by atoms with E-state index in [1.165, 1.54) is 9.21 Å². The van der Waals surface area contributed by atoms with Crippen LogP contribution in [0.1, 0.15) is 46.1 Å². The van der Waals surface area contributed by atoms with Gasteiger partial charge in [-0.05, 0) is 70.0 Å². The maximum Gasteiger partial charge on any atom is 0.242 e. The number of rotatable bonds is 10. The smallest absolute Gasteiger partial charge is 0.242 e. The lowest BCUT2D eigenvalue weighted by atomic mass is 10.1. The molecule has 1 unspecified atom stereocenters. The zero-order valence-corrected chi connectivity index (χ0v) is 23.0. The molecule has 0 bridgehead atoms. The van der Waals surface area contributed by atoms with Crippen molar-refractivity contribution in [2.24, 2.45) is 0 Å². The van der Waals surface area contributed by atoms with Crippen molar-refractivity contribution in [3.8, 4) is 0 Å². The molecule has 0 aliphatic carbocycles. The van der Waals surface area contributed by atoms with Crippen molar-refractivity contribution < 1.29 is 18.0 Å². The molecule has 0 fully saturated rings. The molecular weight excluding hydrogens is 509 g/mol. The number of halogens is 2. The monoisotopic (exact) mass is 541 g/mol. The Morgan fingerprint density at radius 2 is 1.63 bits per heavy atom. The van der Waals surface area contributed by atoms with Crippen LogP contribution in [0.5, 0.6) is 0 Å². The summed E-state index contributed by atoms with van der Waals surface area (Å²) in [6.45, 7) is 7.59. The number of anilines is 1. The van der Waals surface area contributed by atoms with Crippen molar-refractivity contribution in [2.75, 3.05) is 17.1 Å².